The first-order valence-electron chi connectivity index (χ1n) is 9.28. The van der Waals surface area contributed by atoms with E-state index in [2.05, 4.69) is 5.32 Å². The molecule has 25 heavy (non-hydrogen) atoms. The van der Waals surface area contributed by atoms with Crippen LogP contribution in [0.1, 0.15) is 60.8 Å². The Balaban J connectivity index is 1.91. The second kappa shape index (κ2) is 8.30. The summed E-state index contributed by atoms with van der Waals surface area (Å²) in [6, 6.07) is 10.1. The van der Waals surface area contributed by atoms with E-state index in [1.165, 1.54) is 12.1 Å². The maximum Gasteiger partial charge on any atom is 0.272 e. The number of nitrogens with zero attached hydrogens (tertiary/aromatic N) is 2. The smallest absolute Gasteiger partial charge is 0.272 e. The molecule has 5 heteroatoms. The Labute approximate surface area is 149 Å². The molecule has 1 aromatic heterocycles. The molecule has 5 nitrogen and oxygen atoms in total. The van der Waals surface area contributed by atoms with Gasteiger partial charge in [-0.05, 0) is 57.6 Å². The van der Waals surface area contributed by atoms with Crippen molar-refractivity contribution in [3.05, 3.63) is 47.3 Å². The van der Waals surface area contributed by atoms with E-state index in [9.17, 15) is 4.79 Å². The molecule has 1 aliphatic rings. The first-order valence-corrected chi connectivity index (χ1v) is 9.28. The van der Waals surface area contributed by atoms with Crippen LogP contribution in [0.2, 0.25) is 0 Å². The van der Waals surface area contributed by atoms with E-state index >= 15 is 0 Å². The number of carbonyl (C=O) groups excluding carboxylic acids is 1. The van der Waals surface area contributed by atoms with Gasteiger partial charge >= 0.3 is 0 Å². The highest BCUT2D eigenvalue weighted by atomic mass is 16.3. The van der Waals surface area contributed by atoms with Crippen LogP contribution in [0.3, 0.4) is 0 Å². The summed E-state index contributed by atoms with van der Waals surface area (Å²) in [5, 5.41) is 16.7. The number of aliphatic hydroxyl groups excluding tert-OH is 1. The second-order valence-electron chi connectivity index (χ2n) is 6.82. The number of aliphatic hydroxyl groups is 1. The lowest BCUT2D eigenvalue weighted by atomic mass is 10.1. The molecule has 2 aromatic rings. The Kier molecular flexibility index (Phi) is 5.87. The lowest BCUT2D eigenvalue weighted by molar-refractivity contribution is 0.0930. The third kappa shape index (κ3) is 4.10. The zero-order chi connectivity index (χ0) is 17.6. The Morgan fingerprint density at radius 3 is 2.76 bits per heavy atom. The molecule has 134 valence electrons. The summed E-state index contributed by atoms with van der Waals surface area (Å²) in [6.07, 6.45) is 6.77. The number of aromatic nitrogens is 2. The van der Waals surface area contributed by atoms with Gasteiger partial charge in [0.15, 0.2) is 5.69 Å². The zero-order valence-electron chi connectivity index (χ0n) is 14.9. The number of benzene rings is 1. The molecule has 1 amide bonds. The van der Waals surface area contributed by atoms with Gasteiger partial charge in [0, 0.05) is 23.9 Å². The van der Waals surface area contributed by atoms with Gasteiger partial charge in [-0.15, -0.1) is 0 Å². The molecule has 1 aliphatic carbocycles. The maximum atomic E-state index is 12.8. The molecule has 1 heterocycles. The van der Waals surface area contributed by atoms with E-state index in [1.807, 2.05) is 41.9 Å². The standard InChI is InChI=1S/C20H27N3O2/c1-15(9-8-14-24)21-20(25)19-17-12-6-3-7-13-18(17)23(22-19)16-10-4-2-5-11-16/h2,4-5,10-11,15,24H,3,6-9,12-14H2,1H3,(H,21,25). The van der Waals surface area contributed by atoms with Crippen LogP contribution in [0.5, 0.6) is 0 Å². The predicted molar refractivity (Wildman–Crippen MR) is 98.1 cm³/mol. The van der Waals surface area contributed by atoms with Crippen molar-refractivity contribution in [3.63, 3.8) is 0 Å². The number of para-hydroxylation sites is 1. The molecule has 0 radical (unpaired) electrons. The maximum absolute atomic E-state index is 12.8. The lowest BCUT2D eigenvalue weighted by Gasteiger charge is -2.12. The number of rotatable bonds is 6. The number of fused-ring (bicyclic) bond motifs is 1. The van der Waals surface area contributed by atoms with Gasteiger partial charge in [0.25, 0.3) is 5.91 Å². The van der Waals surface area contributed by atoms with Gasteiger partial charge in [0.1, 0.15) is 0 Å². The van der Waals surface area contributed by atoms with Crippen molar-refractivity contribution in [1.29, 1.82) is 0 Å². The monoisotopic (exact) mass is 341 g/mol. The summed E-state index contributed by atoms with van der Waals surface area (Å²) in [5.74, 6) is -0.0988. The largest absolute Gasteiger partial charge is 0.396 e. The number of amides is 1. The highest BCUT2D eigenvalue weighted by Crippen LogP contribution is 2.26. The number of carbonyl (C=O) groups is 1. The van der Waals surface area contributed by atoms with Gasteiger partial charge in [-0.2, -0.15) is 5.10 Å². The Morgan fingerprint density at radius 1 is 1.24 bits per heavy atom. The van der Waals surface area contributed by atoms with Crippen LogP contribution in [0.15, 0.2) is 30.3 Å². The highest BCUT2D eigenvalue weighted by molar-refractivity contribution is 5.94. The Morgan fingerprint density at radius 2 is 2.00 bits per heavy atom. The van der Waals surface area contributed by atoms with E-state index in [4.69, 9.17) is 10.2 Å². The topological polar surface area (TPSA) is 67.2 Å². The van der Waals surface area contributed by atoms with E-state index < -0.39 is 0 Å². The molecule has 1 unspecified atom stereocenters. The normalized spacial score (nSPS) is 15.3. The lowest BCUT2D eigenvalue weighted by Crippen LogP contribution is -2.33. The van der Waals surface area contributed by atoms with Crippen molar-refractivity contribution in [1.82, 2.24) is 15.1 Å². The van der Waals surface area contributed by atoms with Crippen molar-refractivity contribution in [3.8, 4) is 5.69 Å². The van der Waals surface area contributed by atoms with Crippen LogP contribution in [-0.4, -0.2) is 33.4 Å². The summed E-state index contributed by atoms with van der Waals surface area (Å²) >= 11 is 0. The van der Waals surface area contributed by atoms with E-state index in [1.54, 1.807) is 0 Å². The van der Waals surface area contributed by atoms with Crippen LogP contribution < -0.4 is 5.32 Å². The first-order chi connectivity index (χ1) is 12.2. The van der Waals surface area contributed by atoms with Crippen molar-refractivity contribution in [2.24, 2.45) is 0 Å². The molecular weight excluding hydrogens is 314 g/mol. The fraction of sp³-hybridized carbons (Fsp3) is 0.500. The van der Waals surface area contributed by atoms with Crippen molar-refractivity contribution >= 4 is 5.91 Å². The minimum Gasteiger partial charge on any atom is -0.396 e. The number of hydrogen-bond acceptors (Lipinski definition) is 3. The molecule has 2 N–H and O–H groups in total. The summed E-state index contributed by atoms with van der Waals surface area (Å²) in [7, 11) is 0. The van der Waals surface area contributed by atoms with Crippen LogP contribution in [0, 0.1) is 0 Å². The second-order valence-corrected chi connectivity index (χ2v) is 6.82. The third-order valence-electron chi connectivity index (χ3n) is 4.82. The van der Waals surface area contributed by atoms with E-state index in [0.717, 1.165) is 43.4 Å². The molecule has 3 rings (SSSR count). The van der Waals surface area contributed by atoms with Crippen molar-refractivity contribution in [2.75, 3.05) is 6.61 Å². The summed E-state index contributed by atoms with van der Waals surface area (Å²) in [6.45, 7) is 2.12. The molecular formula is C20H27N3O2. The van der Waals surface area contributed by atoms with Crippen LogP contribution in [-0.2, 0) is 12.8 Å². The number of nitrogens with one attached hydrogen (secondary N) is 1. The highest BCUT2D eigenvalue weighted by Gasteiger charge is 2.25. The van der Waals surface area contributed by atoms with E-state index in [0.29, 0.717) is 12.1 Å². The fourth-order valence-electron chi connectivity index (χ4n) is 3.50. The average Bonchev–Trinajstić information content (AvgIpc) is 2.82. The molecule has 1 aromatic carbocycles. The van der Waals surface area contributed by atoms with Crippen LogP contribution in [0.25, 0.3) is 5.69 Å². The van der Waals surface area contributed by atoms with Crippen molar-refractivity contribution < 1.29 is 9.90 Å². The predicted octanol–water partition coefficient (Wildman–Crippen LogP) is 3.03. The van der Waals surface area contributed by atoms with Crippen LogP contribution >= 0.6 is 0 Å². The van der Waals surface area contributed by atoms with Crippen LogP contribution in [0.4, 0.5) is 0 Å². The van der Waals surface area contributed by atoms with Gasteiger partial charge in [-0.25, -0.2) is 4.68 Å². The van der Waals surface area contributed by atoms with E-state index in [-0.39, 0.29) is 18.6 Å². The quantitative estimate of drug-likeness (QED) is 0.794. The minimum atomic E-state index is -0.0988. The fourth-order valence-corrected chi connectivity index (χ4v) is 3.50. The molecule has 0 aliphatic heterocycles. The molecule has 1 atom stereocenters. The van der Waals surface area contributed by atoms with Gasteiger partial charge in [0.2, 0.25) is 0 Å². The van der Waals surface area contributed by atoms with Gasteiger partial charge in [-0.3, -0.25) is 4.79 Å². The summed E-state index contributed by atoms with van der Waals surface area (Å²) < 4.78 is 1.95. The van der Waals surface area contributed by atoms with Gasteiger partial charge < -0.3 is 10.4 Å². The number of hydrogen-bond donors (Lipinski definition) is 2. The molecule has 0 fully saturated rings. The molecule has 0 spiro atoms. The first kappa shape index (κ1) is 17.7. The molecule has 0 saturated heterocycles. The Bertz CT molecular complexity index is 709. The SMILES string of the molecule is CC(CCCO)NC(=O)c1nn(-c2ccccc2)c2c1CCCCC2. The molecule has 0 saturated carbocycles. The third-order valence-corrected chi connectivity index (χ3v) is 4.82. The zero-order valence-corrected chi connectivity index (χ0v) is 14.9. The average molecular weight is 341 g/mol. The van der Waals surface area contributed by atoms with Gasteiger partial charge in [-0.1, -0.05) is 24.6 Å². The summed E-state index contributed by atoms with van der Waals surface area (Å²) in [4.78, 5) is 12.8. The molecule has 0 bridgehead atoms. The van der Waals surface area contributed by atoms with Gasteiger partial charge in [0.05, 0.1) is 5.69 Å². The summed E-state index contributed by atoms with van der Waals surface area (Å²) in [5.41, 5.74) is 3.86. The van der Waals surface area contributed by atoms with Crippen molar-refractivity contribution in [2.45, 2.75) is 57.9 Å². The minimum absolute atomic E-state index is 0.0305. The Hall–Kier alpha value is -2.14.